The van der Waals surface area contributed by atoms with Gasteiger partial charge in [-0.15, -0.1) is 0 Å². The van der Waals surface area contributed by atoms with Crippen molar-refractivity contribution >= 4 is 23.1 Å². The molecule has 0 atom stereocenters. The molecule has 86 valence electrons. The predicted octanol–water partition coefficient (Wildman–Crippen LogP) is 2.70. The average molecular weight is 235 g/mol. The zero-order valence-electron chi connectivity index (χ0n) is 9.49. The number of unbranched alkanes of at least 4 members (excludes halogenated alkanes) is 1. The minimum Gasteiger partial charge on any atom is -0.397 e. The molecular weight excluding hydrogens is 218 g/mol. The number of nitrogens with one attached hydrogen (secondary N) is 1. The van der Waals surface area contributed by atoms with Gasteiger partial charge in [-0.1, -0.05) is 0 Å². The largest absolute Gasteiger partial charge is 0.397 e. The molecule has 0 radical (unpaired) electrons. The summed E-state index contributed by atoms with van der Waals surface area (Å²) < 4.78 is 0. The standard InChI is InChI=1S/C12H17N3S/c1-16-7-3-2-6-15-12-5-4-10(9-13)8-11(12)14/h4-5,8,15H,2-3,6-7,14H2,1H3. The van der Waals surface area contributed by atoms with Crippen molar-refractivity contribution in [3.05, 3.63) is 23.8 Å². The van der Waals surface area contributed by atoms with Gasteiger partial charge in [0.2, 0.25) is 0 Å². The number of benzene rings is 1. The average Bonchev–Trinajstić information content (AvgIpc) is 2.30. The smallest absolute Gasteiger partial charge is 0.0992 e. The Morgan fingerprint density at radius 1 is 1.44 bits per heavy atom. The Bertz CT molecular complexity index is 371. The topological polar surface area (TPSA) is 61.8 Å². The SMILES string of the molecule is CSCCCCNc1ccc(C#N)cc1N. The molecule has 16 heavy (non-hydrogen) atoms. The third kappa shape index (κ3) is 4.03. The minimum absolute atomic E-state index is 0.602. The third-order valence-electron chi connectivity index (χ3n) is 2.27. The lowest BCUT2D eigenvalue weighted by molar-refractivity contribution is 0.843. The van der Waals surface area contributed by atoms with E-state index in [1.54, 1.807) is 12.1 Å². The maximum Gasteiger partial charge on any atom is 0.0992 e. The van der Waals surface area contributed by atoms with Gasteiger partial charge in [0.1, 0.15) is 0 Å². The number of hydrogen-bond donors (Lipinski definition) is 2. The molecular formula is C12H17N3S. The van der Waals surface area contributed by atoms with Crippen LogP contribution < -0.4 is 11.1 Å². The van der Waals surface area contributed by atoms with Crippen molar-refractivity contribution in [1.29, 1.82) is 5.26 Å². The van der Waals surface area contributed by atoms with Crippen molar-refractivity contribution in [2.45, 2.75) is 12.8 Å². The Morgan fingerprint density at radius 2 is 2.25 bits per heavy atom. The number of thioether (sulfide) groups is 1. The van der Waals surface area contributed by atoms with Crippen LogP contribution in [0.2, 0.25) is 0 Å². The highest BCUT2D eigenvalue weighted by molar-refractivity contribution is 7.98. The minimum atomic E-state index is 0.602. The summed E-state index contributed by atoms with van der Waals surface area (Å²) in [5.74, 6) is 1.20. The van der Waals surface area contributed by atoms with Gasteiger partial charge in [-0.05, 0) is 43.0 Å². The number of rotatable bonds is 6. The molecule has 1 aromatic carbocycles. The predicted molar refractivity (Wildman–Crippen MR) is 71.7 cm³/mol. The summed E-state index contributed by atoms with van der Waals surface area (Å²) in [6.45, 7) is 0.927. The van der Waals surface area contributed by atoms with Crippen LogP contribution in [0.4, 0.5) is 11.4 Å². The zero-order valence-corrected chi connectivity index (χ0v) is 10.3. The second-order valence-corrected chi connectivity index (χ2v) is 4.53. The van der Waals surface area contributed by atoms with E-state index in [2.05, 4.69) is 17.6 Å². The molecule has 0 aliphatic carbocycles. The number of nitrogen functional groups attached to an aromatic ring is 1. The van der Waals surface area contributed by atoms with Gasteiger partial charge in [-0.25, -0.2) is 0 Å². The van der Waals surface area contributed by atoms with E-state index in [0.29, 0.717) is 11.3 Å². The summed E-state index contributed by atoms with van der Waals surface area (Å²) in [5, 5.41) is 12.0. The Hall–Kier alpha value is -1.34. The van der Waals surface area contributed by atoms with Gasteiger partial charge in [0.25, 0.3) is 0 Å². The molecule has 0 fully saturated rings. The van der Waals surface area contributed by atoms with E-state index in [0.717, 1.165) is 18.7 Å². The molecule has 0 saturated heterocycles. The molecule has 0 aromatic heterocycles. The van der Waals surface area contributed by atoms with Crippen LogP contribution in [-0.4, -0.2) is 18.6 Å². The fraction of sp³-hybridized carbons (Fsp3) is 0.417. The lowest BCUT2D eigenvalue weighted by atomic mass is 10.2. The molecule has 0 bridgehead atoms. The van der Waals surface area contributed by atoms with Crippen molar-refractivity contribution in [2.24, 2.45) is 0 Å². The van der Waals surface area contributed by atoms with Gasteiger partial charge in [-0.3, -0.25) is 0 Å². The molecule has 0 aliphatic rings. The molecule has 0 amide bonds. The molecule has 4 heteroatoms. The van der Waals surface area contributed by atoms with E-state index in [1.165, 1.54) is 12.2 Å². The highest BCUT2D eigenvalue weighted by Gasteiger charge is 1.99. The summed E-state index contributed by atoms with van der Waals surface area (Å²) in [7, 11) is 0. The first-order valence-electron chi connectivity index (χ1n) is 5.30. The lowest BCUT2D eigenvalue weighted by Gasteiger charge is -2.08. The Labute approximate surface area is 101 Å². The van der Waals surface area contributed by atoms with Gasteiger partial charge in [-0.2, -0.15) is 17.0 Å². The summed E-state index contributed by atoms with van der Waals surface area (Å²) >= 11 is 1.87. The molecule has 0 unspecified atom stereocenters. The Balaban J connectivity index is 2.40. The summed E-state index contributed by atoms with van der Waals surface area (Å²) in [6.07, 6.45) is 4.47. The van der Waals surface area contributed by atoms with Gasteiger partial charge in [0, 0.05) is 6.54 Å². The monoisotopic (exact) mass is 235 g/mol. The summed E-state index contributed by atoms with van der Waals surface area (Å²) in [5.41, 5.74) is 7.98. The van der Waals surface area contributed by atoms with Crippen molar-refractivity contribution < 1.29 is 0 Å². The molecule has 3 nitrogen and oxygen atoms in total. The molecule has 3 N–H and O–H groups in total. The maximum absolute atomic E-state index is 8.70. The van der Waals surface area contributed by atoms with E-state index in [9.17, 15) is 0 Å². The lowest BCUT2D eigenvalue weighted by Crippen LogP contribution is -2.04. The Kier molecular flexibility index (Phi) is 5.58. The normalized spacial score (nSPS) is 9.75. The van der Waals surface area contributed by atoms with Crippen LogP contribution in [0.5, 0.6) is 0 Å². The van der Waals surface area contributed by atoms with Crippen LogP contribution >= 0.6 is 11.8 Å². The van der Waals surface area contributed by atoms with Gasteiger partial charge < -0.3 is 11.1 Å². The second-order valence-electron chi connectivity index (χ2n) is 3.54. The zero-order chi connectivity index (χ0) is 11.8. The highest BCUT2D eigenvalue weighted by atomic mass is 32.2. The maximum atomic E-state index is 8.70. The first-order chi connectivity index (χ1) is 7.77. The van der Waals surface area contributed by atoms with Gasteiger partial charge in [0.05, 0.1) is 23.0 Å². The fourth-order valence-electron chi connectivity index (χ4n) is 1.39. The fourth-order valence-corrected chi connectivity index (χ4v) is 1.88. The van der Waals surface area contributed by atoms with Crippen molar-refractivity contribution in [2.75, 3.05) is 29.6 Å². The summed E-state index contributed by atoms with van der Waals surface area (Å²) in [4.78, 5) is 0. The van der Waals surface area contributed by atoms with E-state index in [1.807, 2.05) is 17.8 Å². The highest BCUT2D eigenvalue weighted by Crippen LogP contribution is 2.19. The van der Waals surface area contributed by atoms with Crippen molar-refractivity contribution in [1.82, 2.24) is 0 Å². The molecule has 0 aliphatic heterocycles. The van der Waals surface area contributed by atoms with E-state index >= 15 is 0 Å². The van der Waals surface area contributed by atoms with E-state index in [-0.39, 0.29) is 0 Å². The summed E-state index contributed by atoms with van der Waals surface area (Å²) in [6, 6.07) is 7.41. The van der Waals surface area contributed by atoms with Gasteiger partial charge in [0.15, 0.2) is 0 Å². The molecule has 1 aromatic rings. The number of nitriles is 1. The molecule has 0 saturated carbocycles. The molecule has 0 spiro atoms. The third-order valence-corrected chi connectivity index (χ3v) is 2.97. The van der Waals surface area contributed by atoms with Crippen LogP contribution in [0.25, 0.3) is 0 Å². The van der Waals surface area contributed by atoms with Crippen molar-refractivity contribution in [3.8, 4) is 6.07 Å². The quantitative estimate of drug-likeness (QED) is 0.588. The number of hydrogen-bond acceptors (Lipinski definition) is 4. The first-order valence-corrected chi connectivity index (χ1v) is 6.69. The van der Waals surface area contributed by atoms with Gasteiger partial charge >= 0.3 is 0 Å². The molecule has 0 heterocycles. The number of nitrogens with two attached hydrogens (primary N) is 1. The Morgan fingerprint density at radius 3 is 2.88 bits per heavy atom. The van der Waals surface area contributed by atoms with Crippen LogP contribution in [0.1, 0.15) is 18.4 Å². The van der Waals surface area contributed by atoms with Crippen molar-refractivity contribution in [3.63, 3.8) is 0 Å². The van der Waals surface area contributed by atoms with E-state index in [4.69, 9.17) is 11.0 Å². The second kappa shape index (κ2) is 7.02. The van der Waals surface area contributed by atoms with Crippen LogP contribution in [-0.2, 0) is 0 Å². The van der Waals surface area contributed by atoms with E-state index < -0.39 is 0 Å². The molecule has 1 rings (SSSR count). The first kappa shape index (κ1) is 12.7. The van der Waals surface area contributed by atoms with Crippen LogP contribution in [0.3, 0.4) is 0 Å². The number of nitrogens with zero attached hydrogens (tertiary/aromatic N) is 1. The number of anilines is 2. The van der Waals surface area contributed by atoms with Crippen LogP contribution in [0, 0.1) is 11.3 Å². The van der Waals surface area contributed by atoms with Crippen LogP contribution in [0.15, 0.2) is 18.2 Å².